The number of aromatic nitrogens is 2. The maximum atomic E-state index is 12.4. The number of carbonyl (C=O) groups is 1. The van der Waals surface area contributed by atoms with E-state index in [-0.39, 0.29) is 11.1 Å². The van der Waals surface area contributed by atoms with Crippen LogP contribution >= 0.6 is 23.1 Å². The van der Waals surface area contributed by atoms with E-state index in [0.717, 1.165) is 35.0 Å². The van der Waals surface area contributed by atoms with E-state index < -0.39 is 5.97 Å². The maximum absolute atomic E-state index is 12.4. The van der Waals surface area contributed by atoms with Crippen LogP contribution in [0.5, 0.6) is 0 Å². The predicted molar refractivity (Wildman–Crippen MR) is 95.2 cm³/mol. The van der Waals surface area contributed by atoms with Crippen LogP contribution in [0.4, 0.5) is 0 Å². The second kappa shape index (κ2) is 6.07. The Labute approximate surface area is 145 Å². The van der Waals surface area contributed by atoms with Crippen LogP contribution in [0.15, 0.2) is 34.2 Å². The van der Waals surface area contributed by atoms with Crippen molar-refractivity contribution in [2.75, 3.05) is 0 Å². The number of aromatic carboxylic acids is 1. The Bertz CT molecular complexity index is 1010. The van der Waals surface area contributed by atoms with E-state index in [0.29, 0.717) is 10.9 Å². The molecule has 0 saturated heterocycles. The van der Waals surface area contributed by atoms with E-state index in [1.165, 1.54) is 22.2 Å². The highest BCUT2D eigenvalue weighted by Crippen LogP contribution is 2.35. The van der Waals surface area contributed by atoms with Crippen LogP contribution in [0.25, 0.3) is 10.2 Å². The van der Waals surface area contributed by atoms with E-state index in [2.05, 4.69) is 9.97 Å². The predicted octanol–water partition coefficient (Wildman–Crippen LogP) is 3.46. The van der Waals surface area contributed by atoms with Gasteiger partial charge >= 0.3 is 5.97 Å². The van der Waals surface area contributed by atoms with Crippen molar-refractivity contribution in [1.29, 1.82) is 0 Å². The molecule has 1 aliphatic carbocycles. The molecule has 7 heteroatoms. The monoisotopic (exact) mass is 358 g/mol. The molecule has 2 heterocycles. The van der Waals surface area contributed by atoms with Gasteiger partial charge in [0.25, 0.3) is 5.56 Å². The highest BCUT2D eigenvalue weighted by Gasteiger charge is 2.21. The smallest absolute Gasteiger partial charge is 0.335 e. The molecule has 3 aromatic rings. The average molecular weight is 358 g/mol. The van der Waals surface area contributed by atoms with Crippen molar-refractivity contribution >= 4 is 39.3 Å². The van der Waals surface area contributed by atoms with Gasteiger partial charge in [-0.15, -0.1) is 11.3 Å². The lowest BCUT2D eigenvalue weighted by Crippen LogP contribution is -2.09. The maximum Gasteiger partial charge on any atom is 0.335 e. The van der Waals surface area contributed by atoms with Gasteiger partial charge in [-0.3, -0.25) is 4.79 Å². The number of benzene rings is 1. The molecule has 0 amide bonds. The van der Waals surface area contributed by atoms with Crippen molar-refractivity contribution in [2.45, 2.75) is 30.2 Å². The summed E-state index contributed by atoms with van der Waals surface area (Å²) in [6, 6.07) is 6.81. The Hall–Kier alpha value is -2.12. The summed E-state index contributed by atoms with van der Waals surface area (Å²) in [5.41, 5.74) is 2.26. The Kier molecular flexibility index (Phi) is 3.90. The third-order valence-corrected chi connectivity index (χ3v) is 6.23. The first-order chi connectivity index (χ1) is 11.6. The zero-order chi connectivity index (χ0) is 16.7. The number of carboxylic acids is 1. The first-order valence-electron chi connectivity index (χ1n) is 7.61. The molecule has 2 N–H and O–H groups in total. The fourth-order valence-electron chi connectivity index (χ4n) is 3.00. The van der Waals surface area contributed by atoms with Gasteiger partial charge in [0, 0.05) is 10.6 Å². The number of fused-ring (bicyclic) bond motifs is 3. The quantitative estimate of drug-likeness (QED) is 0.551. The van der Waals surface area contributed by atoms with Crippen LogP contribution < -0.4 is 5.56 Å². The van der Waals surface area contributed by atoms with Gasteiger partial charge in [0.05, 0.1) is 10.9 Å². The van der Waals surface area contributed by atoms with Gasteiger partial charge in [0.1, 0.15) is 4.83 Å². The van der Waals surface area contributed by atoms with Crippen LogP contribution in [-0.4, -0.2) is 21.0 Å². The second-order valence-electron chi connectivity index (χ2n) is 5.70. The number of hydrogen-bond acceptors (Lipinski definition) is 5. The van der Waals surface area contributed by atoms with Gasteiger partial charge in [-0.25, -0.2) is 9.78 Å². The fraction of sp³-hybridized carbons (Fsp3) is 0.235. The highest BCUT2D eigenvalue weighted by molar-refractivity contribution is 7.98. The van der Waals surface area contributed by atoms with Gasteiger partial charge in [0.2, 0.25) is 0 Å². The van der Waals surface area contributed by atoms with E-state index in [9.17, 15) is 9.59 Å². The Balaban J connectivity index is 1.60. The molecule has 24 heavy (non-hydrogen) atoms. The van der Waals surface area contributed by atoms with Crippen LogP contribution in [0, 0.1) is 0 Å². The first kappa shape index (κ1) is 15.4. The molecule has 2 aromatic heterocycles. The topological polar surface area (TPSA) is 83.0 Å². The summed E-state index contributed by atoms with van der Waals surface area (Å²) in [7, 11) is 0. The summed E-state index contributed by atoms with van der Waals surface area (Å²) < 4.78 is 0. The summed E-state index contributed by atoms with van der Waals surface area (Å²) in [6.07, 6.45) is 3.13. The van der Waals surface area contributed by atoms with E-state index in [4.69, 9.17) is 5.11 Å². The second-order valence-corrected chi connectivity index (χ2v) is 7.75. The summed E-state index contributed by atoms with van der Waals surface area (Å²) in [5, 5.41) is 10.4. The highest BCUT2D eigenvalue weighted by atomic mass is 32.2. The van der Waals surface area contributed by atoms with Gasteiger partial charge in [-0.2, -0.15) is 0 Å². The summed E-state index contributed by atoms with van der Waals surface area (Å²) >= 11 is 3.03. The van der Waals surface area contributed by atoms with Crippen molar-refractivity contribution in [1.82, 2.24) is 9.97 Å². The zero-order valence-corrected chi connectivity index (χ0v) is 14.3. The Morgan fingerprint density at radius 3 is 3.08 bits per heavy atom. The fourth-order valence-corrected chi connectivity index (χ4v) is 5.12. The van der Waals surface area contributed by atoms with Crippen LogP contribution in [0.1, 0.15) is 32.8 Å². The summed E-state index contributed by atoms with van der Waals surface area (Å²) in [5.74, 6) is -0.386. The minimum atomic E-state index is -0.942. The summed E-state index contributed by atoms with van der Waals surface area (Å²) in [6.45, 7) is 0. The minimum absolute atomic E-state index is 0.0683. The Morgan fingerprint density at radius 1 is 1.38 bits per heavy atom. The SMILES string of the molecule is O=C(O)c1cccc(CSc2nc3sc4c(c3c(=O)[nH]2)CCC4)c1. The molecule has 0 atom stereocenters. The van der Waals surface area contributed by atoms with E-state index in [1.807, 2.05) is 6.07 Å². The molecule has 1 aromatic carbocycles. The van der Waals surface area contributed by atoms with E-state index in [1.54, 1.807) is 29.5 Å². The van der Waals surface area contributed by atoms with Gasteiger partial charge < -0.3 is 10.1 Å². The number of nitrogens with one attached hydrogen (secondary N) is 1. The molecule has 0 saturated carbocycles. The van der Waals surface area contributed by atoms with Gasteiger partial charge in [0.15, 0.2) is 5.16 Å². The largest absolute Gasteiger partial charge is 0.478 e. The standard InChI is InChI=1S/C17H14N2O3S2/c20-14-13-11-5-2-6-12(11)24-15(13)19-17(18-14)23-8-9-3-1-4-10(7-9)16(21)22/h1,3-4,7H,2,5-6,8H2,(H,21,22)(H,18,19,20). The lowest BCUT2D eigenvalue weighted by atomic mass is 10.1. The van der Waals surface area contributed by atoms with E-state index >= 15 is 0 Å². The minimum Gasteiger partial charge on any atom is -0.478 e. The Morgan fingerprint density at radius 2 is 2.25 bits per heavy atom. The molecule has 122 valence electrons. The molecule has 5 nitrogen and oxygen atoms in total. The van der Waals surface area contributed by atoms with Crippen molar-refractivity contribution in [3.63, 3.8) is 0 Å². The van der Waals surface area contributed by atoms with Crippen molar-refractivity contribution in [3.8, 4) is 0 Å². The van der Waals surface area contributed by atoms with Gasteiger partial charge in [-0.1, -0.05) is 23.9 Å². The number of carboxylic acid groups (broad SMARTS) is 1. The lowest BCUT2D eigenvalue weighted by molar-refractivity contribution is 0.0697. The number of hydrogen-bond donors (Lipinski definition) is 2. The lowest BCUT2D eigenvalue weighted by Gasteiger charge is -2.03. The number of H-pyrrole nitrogens is 1. The molecule has 0 unspecified atom stereocenters. The molecular weight excluding hydrogens is 344 g/mol. The third kappa shape index (κ3) is 2.74. The van der Waals surface area contributed by atoms with Crippen molar-refractivity contribution < 1.29 is 9.90 Å². The first-order valence-corrected chi connectivity index (χ1v) is 9.41. The number of rotatable bonds is 4. The van der Waals surface area contributed by atoms with Crippen molar-refractivity contribution in [3.05, 3.63) is 56.2 Å². The normalized spacial score (nSPS) is 13.3. The number of nitrogens with zero attached hydrogens (tertiary/aromatic N) is 1. The third-order valence-electron chi connectivity index (χ3n) is 4.10. The number of aryl methyl sites for hydroxylation is 2. The molecule has 0 fully saturated rings. The molecule has 0 aliphatic heterocycles. The number of thiophene rings is 1. The zero-order valence-electron chi connectivity index (χ0n) is 12.7. The molecule has 4 rings (SSSR count). The molecule has 0 radical (unpaired) electrons. The van der Waals surface area contributed by atoms with Crippen molar-refractivity contribution in [2.24, 2.45) is 0 Å². The van der Waals surface area contributed by atoms with Gasteiger partial charge in [-0.05, 0) is 42.5 Å². The summed E-state index contributed by atoms with van der Waals surface area (Å²) in [4.78, 5) is 33.0. The molecule has 0 bridgehead atoms. The molecule has 0 spiro atoms. The number of aromatic amines is 1. The van der Waals surface area contributed by atoms with Crippen LogP contribution in [0.3, 0.4) is 0 Å². The average Bonchev–Trinajstić information content (AvgIpc) is 3.13. The van der Waals surface area contributed by atoms with Crippen LogP contribution in [-0.2, 0) is 18.6 Å². The molecular formula is C17H14N2O3S2. The number of thioether (sulfide) groups is 1. The molecule has 1 aliphatic rings. The van der Waals surface area contributed by atoms with Crippen LogP contribution in [0.2, 0.25) is 0 Å².